The molecule has 0 saturated carbocycles. The molecule has 1 aromatic rings. The Balaban J connectivity index is 1.70. The number of amides is 1. The van der Waals surface area contributed by atoms with Crippen molar-refractivity contribution in [1.82, 2.24) is 19.5 Å². The molecule has 1 N–H and O–H groups in total. The van der Waals surface area contributed by atoms with E-state index >= 15 is 0 Å². The lowest BCUT2D eigenvalue weighted by Gasteiger charge is -2.33. The largest absolute Gasteiger partial charge is 0.351 e. The average molecular weight is 312 g/mol. The van der Waals surface area contributed by atoms with E-state index in [4.69, 9.17) is 0 Å². The van der Waals surface area contributed by atoms with Crippen LogP contribution in [0.15, 0.2) is 24.5 Å². The zero-order valence-electron chi connectivity index (χ0n) is 12.0. The van der Waals surface area contributed by atoms with Crippen molar-refractivity contribution < 1.29 is 13.2 Å². The second-order valence-electron chi connectivity index (χ2n) is 5.00. The molecule has 1 saturated heterocycles. The maximum atomic E-state index is 11.8. The maximum Gasteiger partial charge on any atom is 0.252 e. The lowest BCUT2D eigenvalue weighted by molar-refractivity contribution is 0.0944. The van der Waals surface area contributed by atoms with Gasteiger partial charge in [-0.05, 0) is 12.1 Å². The zero-order chi connectivity index (χ0) is 15.3. The Kier molecular flexibility index (Phi) is 5.27. The Hall–Kier alpha value is -1.51. The fourth-order valence-corrected chi connectivity index (χ4v) is 3.04. The molecule has 0 unspecified atom stereocenters. The van der Waals surface area contributed by atoms with Gasteiger partial charge in [0.15, 0.2) is 0 Å². The summed E-state index contributed by atoms with van der Waals surface area (Å²) in [4.78, 5) is 17.9. The second-order valence-corrected chi connectivity index (χ2v) is 6.98. The molecule has 0 spiro atoms. The van der Waals surface area contributed by atoms with E-state index in [1.807, 2.05) is 0 Å². The number of hydrogen-bond acceptors (Lipinski definition) is 5. The third kappa shape index (κ3) is 4.76. The number of pyridine rings is 1. The number of piperazine rings is 1. The van der Waals surface area contributed by atoms with E-state index in [1.165, 1.54) is 16.8 Å². The van der Waals surface area contributed by atoms with E-state index in [2.05, 4.69) is 15.2 Å². The summed E-state index contributed by atoms with van der Waals surface area (Å²) in [6.07, 6.45) is 4.38. The number of carbonyl (C=O) groups is 1. The number of rotatable bonds is 5. The molecule has 21 heavy (non-hydrogen) atoms. The minimum Gasteiger partial charge on any atom is -0.351 e. The van der Waals surface area contributed by atoms with Gasteiger partial charge >= 0.3 is 0 Å². The predicted molar refractivity (Wildman–Crippen MR) is 79.4 cm³/mol. The molecule has 0 atom stereocenters. The Morgan fingerprint density at radius 3 is 2.62 bits per heavy atom. The standard InChI is InChI=1S/C13H20N4O3S/c1-21(19,20)17-9-7-16(8-10-17)6-5-15-13(18)12-3-2-4-14-11-12/h2-4,11H,5-10H2,1H3,(H,15,18). The molecule has 0 aromatic carbocycles. The molecule has 0 aliphatic carbocycles. The van der Waals surface area contributed by atoms with Gasteiger partial charge in [0.2, 0.25) is 10.0 Å². The first kappa shape index (κ1) is 15.9. The molecule has 0 bridgehead atoms. The first-order valence-corrected chi connectivity index (χ1v) is 8.67. The smallest absolute Gasteiger partial charge is 0.252 e. The van der Waals surface area contributed by atoms with Gasteiger partial charge in [0.1, 0.15) is 0 Å². The normalized spacial score (nSPS) is 17.6. The Morgan fingerprint density at radius 1 is 1.33 bits per heavy atom. The first-order chi connectivity index (χ1) is 9.97. The molecule has 7 nitrogen and oxygen atoms in total. The molecule has 0 radical (unpaired) electrons. The summed E-state index contributed by atoms with van der Waals surface area (Å²) in [7, 11) is -3.09. The third-order valence-corrected chi connectivity index (χ3v) is 4.74. The van der Waals surface area contributed by atoms with Crippen LogP contribution in [-0.4, -0.2) is 74.0 Å². The highest BCUT2D eigenvalue weighted by Crippen LogP contribution is 2.05. The van der Waals surface area contributed by atoms with Crippen LogP contribution in [0.25, 0.3) is 0 Å². The van der Waals surface area contributed by atoms with Gasteiger partial charge in [-0.15, -0.1) is 0 Å². The third-order valence-electron chi connectivity index (χ3n) is 3.44. The van der Waals surface area contributed by atoms with Crippen LogP contribution in [0.2, 0.25) is 0 Å². The van der Waals surface area contributed by atoms with E-state index in [9.17, 15) is 13.2 Å². The van der Waals surface area contributed by atoms with E-state index in [-0.39, 0.29) is 5.91 Å². The summed E-state index contributed by atoms with van der Waals surface area (Å²) in [5.41, 5.74) is 0.541. The predicted octanol–water partition coefficient (Wildman–Crippen LogP) is -0.611. The summed E-state index contributed by atoms with van der Waals surface area (Å²) in [6.45, 7) is 3.65. The summed E-state index contributed by atoms with van der Waals surface area (Å²) >= 11 is 0. The fourth-order valence-electron chi connectivity index (χ4n) is 2.21. The lowest BCUT2D eigenvalue weighted by Crippen LogP contribution is -2.49. The van der Waals surface area contributed by atoms with Crippen molar-refractivity contribution >= 4 is 15.9 Å². The maximum absolute atomic E-state index is 11.8. The van der Waals surface area contributed by atoms with Crippen molar-refractivity contribution in [3.63, 3.8) is 0 Å². The van der Waals surface area contributed by atoms with Crippen molar-refractivity contribution in [1.29, 1.82) is 0 Å². The molecule has 1 amide bonds. The highest BCUT2D eigenvalue weighted by atomic mass is 32.2. The van der Waals surface area contributed by atoms with Gasteiger partial charge in [0.05, 0.1) is 11.8 Å². The van der Waals surface area contributed by atoms with Crippen molar-refractivity contribution in [3.05, 3.63) is 30.1 Å². The minimum atomic E-state index is -3.09. The van der Waals surface area contributed by atoms with Gasteiger partial charge in [0, 0.05) is 51.7 Å². The Bertz CT molecular complexity index is 568. The molecule has 1 aliphatic rings. The van der Waals surface area contributed by atoms with Crippen LogP contribution >= 0.6 is 0 Å². The van der Waals surface area contributed by atoms with Gasteiger partial charge < -0.3 is 5.32 Å². The molecule has 1 fully saturated rings. The number of nitrogens with zero attached hydrogens (tertiary/aromatic N) is 3. The number of carbonyl (C=O) groups excluding carboxylic acids is 1. The topological polar surface area (TPSA) is 82.6 Å². The van der Waals surface area contributed by atoms with Gasteiger partial charge in [-0.1, -0.05) is 0 Å². The van der Waals surface area contributed by atoms with Gasteiger partial charge in [-0.3, -0.25) is 14.7 Å². The Morgan fingerprint density at radius 2 is 2.05 bits per heavy atom. The molecule has 2 heterocycles. The monoisotopic (exact) mass is 312 g/mol. The number of hydrogen-bond donors (Lipinski definition) is 1. The van der Waals surface area contributed by atoms with Crippen molar-refractivity contribution in [3.8, 4) is 0 Å². The molecule has 8 heteroatoms. The molecule has 1 aromatic heterocycles. The van der Waals surface area contributed by atoms with Crippen LogP contribution in [0.1, 0.15) is 10.4 Å². The molecule has 116 valence electrons. The van der Waals surface area contributed by atoms with E-state index in [0.29, 0.717) is 44.8 Å². The molecule has 1 aliphatic heterocycles. The zero-order valence-corrected chi connectivity index (χ0v) is 12.8. The second kappa shape index (κ2) is 6.97. The van der Waals surface area contributed by atoms with Gasteiger partial charge in [-0.2, -0.15) is 4.31 Å². The van der Waals surface area contributed by atoms with Crippen molar-refractivity contribution in [2.24, 2.45) is 0 Å². The van der Waals surface area contributed by atoms with E-state index in [1.54, 1.807) is 18.3 Å². The molecule has 2 rings (SSSR count). The van der Waals surface area contributed by atoms with E-state index in [0.717, 1.165) is 0 Å². The van der Waals surface area contributed by atoms with Crippen LogP contribution in [-0.2, 0) is 10.0 Å². The fraction of sp³-hybridized carbons (Fsp3) is 0.538. The molecular weight excluding hydrogens is 292 g/mol. The summed E-state index contributed by atoms with van der Waals surface area (Å²) in [6, 6.07) is 3.44. The quantitative estimate of drug-likeness (QED) is 0.784. The first-order valence-electron chi connectivity index (χ1n) is 6.82. The van der Waals surface area contributed by atoms with Crippen molar-refractivity contribution in [2.75, 3.05) is 45.5 Å². The van der Waals surface area contributed by atoms with Crippen molar-refractivity contribution in [2.45, 2.75) is 0 Å². The number of sulfonamides is 1. The van der Waals surface area contributed by atoms with Crippen LogP contribution in [0.3, 0.4) is 0 Å². The van der Waals surface area contributed by atoms with Crippen LogP contribution in [0.4, 0.5) is 0 Å². The minimum absolute atomic E-state index is 0.141. The number of aromatic nitrogens is 1. The average Bonchev–Trinajstić information content (AvgIpc) is 2.47. The van der Waals surface area contributed by atoms with Crippen LogP contribution in [0.5, 0.6) is 0 Å². The summed E-state index contributed by atoms with van der Waals surface area (Å²) in [5.74, 6) is -0.141. The Labute approximate surface area is 125 Å². The lowest BCUT2D eigenvalue weighted by atomic mass is 10.2. The SMILES string of the molecule is CS(=O)(=O)N1CCN(CCNC(=O)c2cccnc2)CC1. The molecular formula is C13H20N4O3S. The highest BCUT2D eigenvalue weighted by molar-refractivity contribution is 7.88. The van der Waals surface area contributed by atoms with E-state index < -0.39 is 10.0 Å². The number of nitrogens with one attached hydrogen (secondary N) is 1. The van der Waals surface area contributed by atoms with Crippen LogP contribution in [0, 0.1) is 0 Å². The highest BCUT2D eigenvalue weighted by Gasteiger charge is 2.22. The van der Waals surface area contributed by atoms with Crippen LogP contribution < -0.4 is 5.32 Å². The summed E-state index contributed by atoms with van der Waals surface area (Å²) in [5, 5.41) is 2.84. The van der Waals surface area contributed by atoms with Gasteiger partial charge in [0.25, 0.3) is 5.91 Å². The van der Waals surface area contributed by atoms with Gasteiger partial charge in [-0.25, -0.2) is 8.42 Å². The summed E-state index contributed by atoms with van der Waals surface area (Å²) < 4.78 is 24.3.